The number of amides is 1. The molecule has 0 aliphatic heterocycles. The molecule has 0 saturated carbocycles. The van der Waals surface area contributed by atoms with Gasteiger partial charge in [0.1, 0.15) is 21.8 Å². The topological polar surface area (TPSA) is 69.0 Å². The maximum Gasteiger partial charge on any atom is 0.407 e. The molecule has 0 aliphatic rings. The number of benzene rings is 1. The van der Waals surface area contributed by atoms with Crippen LogP contribution >= 0.6 is 11.3 Å². The van der Waals surface area contributed by atoms with Gasteiger partial charge >= 0.3 is 6.09 Å². The molecule has 1 amide bonds. The lowest BCUT2D eigenvalue weighted by atomic mass is 10.1. The van der Waals surface area contributed by atoms with Crippen LogP contribution in [0.2, 0.25) is 0 Å². The molecule has 1 N–H and O–H groups in total. The summed E-state index contributed by atoms with van der Waals surface area (Å²) in [6, 6.07) is 10.5. The van der Waals surface area contributed by atoms with Crippen LogP contribution < -0.4 is 5.32 Å². The van der Waals surface area contributed by atoms with E-state index in [0.717, 1.165) is 53.1 Å². The lowest BCUT2D eigenvalue weighted by Crippen LogP contribution is -2.32. The van der Waals surface area contributed by atoms with Gasteiger partial charge in [0.2, 0.25) is 0 Å². The molecule has 32 heavy (non-hydrogen) atoms. The van der Waals surface area contributed by atoms with Crippen molar-refractivity contribution in [3.05, 3.63) is 58.9 Å². The third-order valence-corrected chi connectivity index (χ3v) is 6.05. The van der Waals surface area contributed by atoms with Crippen molar-refractivity contribution in [2.45, 2.75) is 65.6 Å². The van der Waals surface area contributed by atoms with E-state index in [2.05, 4.69) is 57.5 Å². The fourth-order valence-electron chi connectivity index (χ4n) is 3.72. The number of ether oxygens (including phenoxy) is 1. The quantitative estimate of drug-likeness (QED) is 0.371. The molecule has 4 rings (SSSR count). The maximum atomic E-state index is 11.9. The van der Waals surface area contributed by atoms with E-state index in [1.54, 1.807) is 11.3 Å². The minimum Gasteiger partial charge on any atom is -0.444 e. The first kappa shape index (κ1) is 22.3. The Labute approximate surface area is 192 Å². The third-order valence-electron chi connectivity index (χ3n) is 5.23. The number of aryl methyl sites for hydroxylation is 1. The minimum atomic E-state index is -0.500. The second kappa shape index (κ2) is 9.28. The number of thiophene rings is 1. The number of alkyl carbamates (subject to hydrolysis) is 1. The van der Waals surface area contributed by atoms with Crippen molar-refractivity contribution in [1.29, 1.82) is 0 Å². The number of rotatable bonds is 7. The summed E-state index contributed by atoms with van der Waals surface area (Å²) in [5.41, 5.74) is 3.85. The Bertz CT molecular complexity index is 1220. The van der Waals surface area contributed by atoms with E-state index in [9.17, 15) is 4.79 Å². The van der Waals surface area contributed by atoms with Crippen LogP contribution in [0.1, 0.15) is 57.5 Å². The van der Waals surface area contributed by atoms with Gasteiger partial charge in [0, 0.05) is 24.9 Å². The molecular formula is C25H30N4O2S. The number of nitrogens with one attached hydrogen (secondary N) is 1. The number of unbranched alkanes of at least 4 members (excludes halogenated alkanes) is 1. The van der Waals surface area contributed by atoms with Gasteiger partial charge in [-0.25, -0.2) is 14.8 Å². The predicted octanol–water partition coefficient (Wildman–Crippen LogP) is 6.06. The fraction of sp³-hybridized carbons (Fsp3) is 0.400. The summed E-state index contributed by atoms with van der Waals surface area (Å²) in [7, 11) is 0. The summed E-state index contributed by atoms with van der Waals surface area (Å²) in [5.74, 6) is 1.11. The Morgan fingerprint density at radius 3 is 2.62 bits per heavy atom. The molecule has 0 radical (unpaired) electrons. The number of pyridine rings is 1. The van der Waals surface area contributed by atoms with Crippen molar-refractivity contribution in [3.63, 3.8) is 0 Å². The van der Waals surface area contributed by atoms with E-state index in [0.29, 0.717) is 6.54 Å². The monoisotopic (exact) mass is 450 g/mol. The zero-order valence-corrected chi connectivity index (χ0v) is 20.0. The van der Waals surface area contributed by atoms with Crippen LogP contribution in [0.3, 0.4) is 0 Å². The molecule has 168 valence electrons. The number of imidazole rings is 1. The predicted molar refractivity (Wildman–Crippen MR) is 130 cm³/mol. The highest BCUT2D eigenvalue weighted by atomic mass is 32.1. The van der Waals surface area contributed by atoms with E-state index < -0.39 is 11.7 Å². The Hall–Kier alpha value is -2.93. The highest BCUT2D eigenvalue weighted by Crippen LogP contribution is 2.29. The summed E-state index contributed by atoms with van der Waals surface area (Å²) in [6.45, 7) is 8.97. The lowest BCUT2D eigenvalue weighted by Gasteiger charge is -2.19. The zero-order valence-electron chi connectivity index (χ0n) is 19.1. The van der Waals surface area contributed by atoms with E-state index in [1.165, 1.54) is 10.9 Å². The van der Waals surface area contributed by atoms with Crippen molar-refractivity contribution in [1.82, 2.24) is 19.9 Å². The molecule has 3 heterocycles. The van der Waals surface area contributed by atoms with Crippen molar-refractivity contribution in [2.75, 3.05) is 0 Å². The van der Waals surface area contributed by atoms with Crippen molar-refractivity contribution < 1.29 is 9.53 Å². The Morgan fingerprint density at radius 1 is 1.16 bits per heavy atom. The van der Waals surface area contributed by atoms with Gasteiger partial charge in [-0.1, -0.05) is 37.6 Å². The van der Waals surface area contributed by atoms with E-state index in [-0.39, 0.29) is 0 Å². The number of carbonyl (C=O) groups excluding carboxylic acids is 1. The van der Waals surface area contributed by atoms with Gasteiger partial charge in [0.25, 0.3) is 0 Å². The first-order chi connectivity index (χ1) is 15.3. The second-order valence-corrected chi connectivity index (χ2v) is 9.92. The number of aromatic nitrogens is 3. The second-order valence-electron chi connectivity index (χ2n) is 9.02. The molecule has 3 aromatic heterocycles. The first-order valence-corrected chi connectivity index (χ1v) is 12.0. The standard InChI is InChI=1S/C25H30N4O2S/c1-5-6-7-21-28-20-15-26-23-19(12-13-32-23)22(20)29(21)16-18-10-8-17(9-11-18)14-27-24(30)31-25(2,3)4/h8-13,15H,5-7,14,16H2,1-4H3,(H,27,30). The number of hydrogen-bond donors (Lipinski definition) is 1. The number of nitrogens with zero attached hydrogens (tertiary/aromatic N) is 3. The molecule has 0 bridgehead atoms. The average Bonchev–Trinajstić information content (AvgIpc) is 3.35. The molecule has 7 heteroatoms. The molecule has 0 saturated heterocycles. The van der Waals surface area contributed by atoms with Gasteiger partial charge in [-0.05, 0) is 49.8 Å². The van der Waals surface area contributed by atoms with E-state index in [1.807, 2.05) is 27.0 Å². The van der Waals surface area contributed by atoms with Crippen LogP contribution in [0.4, 0.5) is 4.79 Å². The molecular weight excluding hydrogens is 420 g/mol. The van der Waals surface area contributed by atoms with Gasteiger partial charge in [0.05, 0.1) is 11.7 Å². The summed E-state index contributed by atoms with van der Waals surface area (Å²) in [6.07, 6.45) is 4.69. The molecule has 6 nitrogen and oxygen atoms in total. The fourth-order valence-corrected chi connectivity index (χ4v) is 4.46. The van der Waals surface area contributed by atoms with Crippen LogP contribution in [0.15, 0.2) is 41.9 Å². The lowest BCUT2D eigenvalue weighted by molar-refractivity contribution is 0.0523. The summed E-state index contributed by atoms with van der Waals surface area (Å²) < 4.78 is 7.65. The smallest absolute Gasteiger partial charge is 0.407 e. The molecule has 0 fully saturated rings. The molecule has 0 spiro atoms. The van der Waals surface area contributed by atoms with Gasteiger partial charge in [0.15, 0.2) is 0 Å². The first-order valence-electron chi connectivity index (χ1n) is 11.1. The van der Waals surface area contributed by atoms with Crippen LogP contribution in [-0.2, 0) is 24.2 Å². The highest BCUT2D eigenvalue weighted by molar-refractivity contribution is 7.16. The number of fused-ring (bicyclic) bond motifs is 3. The van der Waals surface area contributed by atoms with Crippen LogP contribution in [-0.4, -0.2) is 26.2 Å². The van der Waals surface area contributed by atoms with Gasteiger partial charge in [-0.2, -0.15) is 0 Å². The molecule has 0 atom stereocenters. The van der Waals surface area contributed by atoms with E-state index >= 15 is 0 Å². The van der Waals surface area contributed by atoms with E-state index in [4.69, 9.17) is 9.72 Å². The Morgan fingerprint density at radius 2 is 1.91 bits per heavy atom. The Kier molecular flexibility index (Phi) is 6.46. The van der Waals surface area contributed by atoms with Crippen molar-refractivity contribution >= 4 is 38.7 Å². The van der Waals surface area contributed by atoms with Gasteiger partial charge < -0.3 is 14.6 Å². The maximum absolute atomic E-state index is 11.9. The average molecular weight is 451 g/mol. The largest absolute Gasteiger partial charge is 0.444 e. The van der Waals surface area contributed by atoms with Crippen LogP contribution in [0.25, 0.3) is 21.3 Å². The molecule has 4 aromatic rings. The molecule has 0 aliphatic carbocycles. The Balaban J connectivity index is 1.55. The van der Waals surface area contributed by atoms with Crippen molar-refractivity contribution in [3.8, 4) is 0 Å². The highest BCUT2D eigenvalue weighted by Gasteiger charge is 2.17. The number of hydrogen-bond acceptors (Lipinski definition) is 5. The SMILES string of the molecule is CCCCc1nc2cnc3sccc3c2n1Cc1ccc(CNC(=O)OC(C)(C)C)cc1. The summed E-state index contributed by atoms with van der Waals surface area (Å²) in [4.78, 5) is 22.4. The normalized spacial score (nSPS) is 11.9. The molecule has 1 aromatic carbocycles. The zero-order chi connectivity index (χ0) is 22.7. The van der Waals surface area contributed by atoms with Gasteiger partial charge in [-0.3, -0.25) is 0 Å². The van der Waals surface area contributed by atoms with Crippen molar-refractivity contribution in [2.24, 2.45) is 0 Å². The summed E-state index contributed by atoms with van der Waals surface area (Å²) in [5, 5.41) is 6.07. The van der Waals surface area contributed by atoms with Crippen LogP contribution in [0.5, 0.6) is 0 Å². The third kappa shape index (κ3) is 5.10. The number of carbonyl (C=O) groups is 1. The van der Waals surface area contributed by atoms with Gasteiger partial charge in [-0.15, -0.1) is 11.3 Å². The summed E-state index contributed by atoms with van der Waals surface area (Å²) >= 11 is 1.66. The minimum absolute atomic E-state index is 0.402. The molecule has 0 unspecified atom stereocenters. The van der Waals surface area contributed by atoms with Crippen LogP contribution in [0, 0.1) is 0 Å².